The summed E-state index contributed by atoms with van der Waals surface area (Å²) in [6.07, 6.45) is 5.75. The van der Waals surface area contributed by atoms with Gasteiger partial charge in [0.25, 0.3) is 0 Å². The molecule has 2 fully saturated rings. The second-order valence-electron chi connectivity index (χ2n) is 6.85. The standard InChI is InChI=1S/C20H21F2NOS/c1-25-17-6-2-12(3-7-17)13-8-18(21)20(19(22)9-13)24-16-10-14-4-5-15(11-16)23-14/h2-3,6-9,14-16,23H,4-5,10-11H2,1H3. The minimum absolute atomic E-state index is 0.116. The van der Waals surface area contributed by atoms with Crippen molar-refractivity contribution in [1.82, 2.24) is 5.32 Å². The van der Waals surface area contributed by atoms with Gasteiger partial charge in [0.15, 0.2) is 17.4 Å². The van der Waals surface area contributed by atoms with Crippen LogP contribution in [-0.4, -0.2) is 24.4 Å². The van der Waals surface area contributed by atoms with Crippen LogP contribution in [-0.2, 0) is 0 Å². The van der Waals surface area contributed by atoms with Crippen molar-refractivity contribution in [2.45, 2.75) is 48.8 Å². The number of benzene rings is 2. The molecule has 2 saturated heterocycles. The summed E-state index contributed by atoms with van der Waals surface area (Å²) in [6.45, 7) is 0. The molecule has 0 spiro atoms. The third kappa shape index (κ3) is 3.53. The summed E-state index contributed by atoms with van der Waals surface area (Å²) >= 11 is 1.63. The second kappa shape index (κ2) is 6.96. The molecule has 132 valence electrons. The molecular weight excluding hydrogens is 340 g/mol. The number of piperidine rings is 1. The molecule has 2 aliphatic rings. The van der Waals surface area contributed by atoms with E-state index in [4.69, 9.17) is 4.74 Å². The van der Waals surface area contributed by atoms with E-state index in [0.29, 0.717) is 17.6 Å². The van der Waals surface area contributed by atoms with Crippen LogP contribution in [0.1, 0.15) is 25.7 Å². The van der Waals surface area contributed by atoms with Crippen molar-refractivity contribution in [2.75, 3.05) is 6.26 Å². The molecule has 2 unspecified atom stereocenters. The minimum Gasteiger partial charge on any atom is -0.484 e. The first kappa shape index (κ1) is 16.9. The number of hydrogen-bond acceptors (Lipinski definition) is 3. The Morgan fingerprint density at radius 1 is 0.960 bits per heavy atom. The van der Waals surface area contributed by atoms with Crippen molar-refractivity contribution in [2.24, 2.45) is 0 Å². The number of nitrogens with one attached hydrogen (secondary N) is 1. The van der Waals surface area contributed by atoms with Crippen LogP contribution in [0, 0.1) is 11.6 Å². The molecule has 0 amide bonds. The van der Waals surface area contributed by atoms with Crippen LogP contribution in [0.5, 0.6) is 5.75 Å². The molecule has 2 aliphatic heterocycles. The fraction of sp³-hybridized carbons (Fsp3) is 0.400. The maximum absolute atomic E-state index is 14.5. The average molecular weight is 361 g/mol. The van der Waals surface area contributed by atoms with Crippen molar-refractivity contribution in [3.05, 3.63) is 48.0 Å². The summed E-state index contributed by atoms with van der Waals surface area (Å²) in [4.78, 5) is 1.12. The van der Waals surface area contributed by atoms with Gasteiger partial charge in [-0.25, -0.2) is 8.78 Å². The van der Waals surface area contributed by atoms with Crippen molar-refractivity contribution in [3.63, 3.8) is 0 Å². The van der Waals surface area contributed by atoms with E-state index in [9.17, 15) is 8.78 Å². The average Bonchev–Trinajstić information content (AvgIpc) is 2.96. The molecule has 1 N–H and O–H groups in total. The van der Waals surface area contributed by atoms with Crippen molar-refractivity contribution in [3.8, 4) is 16.9 Å². The highest BCUT2D eigenvalue weighted by atomic mass is 32.2. The Balaban J connectivity index is 1.55. The lowest BCUT2D eigenvalue weighted by molar-refractivity contribution is 0.126. The maximum atomic E-state index is 14.5. The van der Waals surface area contributed by atoms with Gasteiger partial charge in [-0.3, -0.25) is 0 Å². The zero-order valence-electron chi connectivity index (χ0n) is 14.1. The molecule has 2 heterocycles. The molecule has 25 heavy (non-hydrogen) atoms. The normalized spacial score (nSPS) is 25.2. The van der Waals surface area contributed by atoms with Gasteiger partial charge < -0.3 is 10.1 Å². The highest BCUT2D eigenvalue weighted by Gasteiger charge is 2.35. The largest absolute Gasteiger partial charge is 0.484 e. The summed E-state index contributed by atoms with van der Waals surface area (Å²) in [5, 5.41) is 3.51. The molecule has 0 radical (unpaired) electrons. The Labute approximate surface area is 151 Å². The molecule has 2 atom stereocenters. The molecule has 0 aromatic heterocycles. The van der Waals surface area contributed by atoms with Crippen LogP contribution in [0.3, 0.4) is 0 Å². The zero-order valence-corrected chi connectivity index (χ0v) is 14.9. The topological polar surface area (TPSA) is 21.3 Å². The van der Waals surface area contributed by atoms with Crippen LogP contribution in [0.4, 0.5) is 8.78 Å². The van der Waals surface area contributed by atoms with Gasteiger partial charge in [-0.1, -0.05) is 12.1 Å². The van der Waals surface area contributed by atoms with Gasteiger partial charge in [0.2, 0.25) is 0 Å². The monoisotopic (exact) mass is 361 g/mol. The van der Waals surface area contributed by atoms with E-state index >= 15 is 0 Å². The highest BCUT2D eigenvalue weighted by Crippen LogP contribution is 2.34. The number of rotatable bonds is 4. The molecule has 4 rings (SSSR count). The Kier molecular flexibility index (Phi) is 4.69. The molecular formula is C20H21F2NOS. The predicted molar refractivity (Wildman–Crippen MR) is 97.2 cm³/mol. The molecule has 2 aromatic rings. The van der Waals surface area contributed by atoms with Crippen molar-refractivity contribution < 1.29 is 13.5 Å². The van der Waals surface area contributed by atoms with Gasteiger partial charge >= 0.3 is 0 Å². The highest BCUT2D eigenvalue weighted by molar-refractivity contribution is 7.98. The molecule has 2 aromatic carbocycles. The zero-order chi connectivity index (χ0) is 17.4. The lowest BCUT2D eigenvalue weighted by Crippen LogP contribution is -2.42. The Bertz CT molecular complexity index is 730. The number of thioether (sulfide) groups is 1. The van der Waals surface area contributed by atoms with Crippen LogP contribution in [0.25, 0.3) is 11.1 Å². The first-order valence-electron chi connectivity index (χ1n) is 8.68. The van der Waals surface area contributed by atoms with Crippen molar-refractivity contribution >= 4 is 11.8 Å². The van der Waals surface area contributed by atoms with Crippen LogP contribution >= 0.6 is 11.8 Å². The lowest BCUT2D eigenvalue weighted by atomic mass is 10.0. The SMILES string of the molecule is CSc1ccc(-c2cc(F)c(OC3CC4CCC(C3)N4)c(F)c2)cc1. The van der Waals surface area contributed by atoms with Gasteiger partial charge in [-0.2, -0.15) is 0 Å². The van der Waals surface area contributed by atoms with Crippen LogP contribution < -0.4 is 10.1 Å². The number of hydrogen-bond donors (Lipinski definition) is 1. The quantitative estimate of drug-likeness (QED) is 0.773. The maximum Gasteiger partial charge on any atom is 0.191 e. The first-order valence-corrected chi connectivity index (χ1v) is 9.91. The van der Waals surface area contributed by atoms with Gasteiger partial charge in [0.05, 0.1) is 0 Å². The predicted octanol–water partition coefficient (Wildman–Crippen LogP) is 5.02. The van der Waals surface area contributed by atoms with Gasteiger partial charge in [0.1, 0.15) is 6.10 Å². The van der Waals surface area contributed by atoms with E-state index in [1.54, 1.807) is 11.8 Å². The van der Waals surface area contributed by atoms with E-state index in [0.717, 1.165) is 36.1 Å². The summed E-state index contributed by atoms with van der Waals surface area (Å²) in [5.74, 6) is -1.50. The lowest BCUT2D eigenvalue weighted by Gasteiger charge is -2.29. The molecule has 0 aliphatic carbocycles. The number of fused-ring (bicyclic) bond motifs is 2. The van der Waals surface area contributed by atoms with E-state index in [-0.39, 0.29) is 11.9 Å². The number of ether oxygens (including phenoxy) is 1. The summed E-state index contributed by atoms with van der Waals surface area (Å²) in [7, 11) is 0. The Morgan fingerprint density at radius 2 is 1.56 bits per heavy atom. The van der Waals surface area contributed by atoms with Gasteiger partial charge in [-0.05, 0) is 67.3 Å². The summed E-state index contributed by atoms with van der Waals surface area (Å²) in [6, 6.07) is 11.2. The fourth-order valence-electron chi connectivity index (χ4n) is 3.89. The second-order valence-corrected chi connectivity index (χ2v) is 7.73. The fourth-order valence-corrected chi connectivity index (χ4v) is 4.30. The Hall–Kier alpha value is -1.59. The van der Waals surface area contributed by atoms with Crippen LogP contribution in [0.2, 0.25) is 0 Å². The molecule has 2 nitrogen and oxygen atoms in total. The Morgan fingerprint density at radius 3 is 2.12 bits per heavy atom. The molecule has 2 bridgehead atoms. The number of halogens is 2. The molecule has 0 saturated carbocycles. The smallest absolute Gasteiger partial charge is 0.191 e. The minimum atomic E-state index is -0.630. The van der Waals surface area contributed by atoms with Gasteiger partial charge in [-0.15, -0.1) is 11.8 Å². The van der Waals surface area contributed by atoms with E-state index in [1.807, 2.05) is 30.5 Å². The van der Waals surface area contributed by atoms with Gasteiger partial charge in [0, 0.05) is 17.0 Å². The third-order valence-electron chi connectivity index (χ3n) is 5.14. The summed E-state index contributed by atoms with van der Waals surface area (Å²) in [5.41, 5.74) is 1.32. The van der Waals surface area contributed by atoms with Crippen LogP contribution in [0.15, 0.2) is 41.3 Å². The summed E-state index contributed by atoms with van der Waals surface area (Å²) < 4.78 is 34.8. The molecule has 5 heteroatoms. The third-order valence-corrected chi connectivity index (χ3v) is 5.88. The van der Waals surface area contributed by atoms with Crippen molar-refractivity contribution in [1.29, 1.82) is 0 Å². The van der Waals surface area contributed by atoms with E-state index in [1.165, 1.54) is 12.1 Å². The van der Waals surface area contributed by atoms with E-state index < -0.39 is 11.6 Å². The van der Waals surface area contributed by atoms with E-state index in [2.05, 4.69) is 5.32 Å². The first-order chi connectivity index (χ1) is 12.1.